The minimum Gasteiger partial charge on any atom is -0.493 e. The van der Waals surface area contributed by atoms with Gasteiger partial charge in [-0.25, -0.2) is 0 Å². The van der Waals surface area contributed by atoms with Crippen molar-refractivity contribution in [3.05, 3.63) is 23.3 Å². The van der Waals surface area contributed by atoms with E-state index in [4.69, 9.17) is 14.7 Å². The van der Waals surface area contributed by atoms with Crippen LogP contribution in [0.1, 0.15) is 30.9 Å². The highest BCUT2D eigenvalue weighted by molar-refractivity contribution is 6.26. The van der Waals surface area contributed by atoms with E-state index in [1.807, 2.05) is 13.0 Å². The Balaban J connectivity index is 2.13. The second kappa shape index (κ2) is 9.27. The van der Waals surface area contributed by atoms with Crippen LogP contribution in [0.15, 0.2) is 17.3 Å². The number of hydrogen-bond acceptors (Lipinski definition) is 6. The van der Waals surface area contributed by atoms with Crippen LogP contribution in [0.2, 0.25) is 0 Å². The van der Waals surface area contributed by atoms with Crippen LogP contribution >= 0.6 is 0 Å². The van der Waals surface area contributed by atoms with Gasteiger partial charge >= 0.3 is 0 Å². The standard InChI is InChI=1S/C18H27N3O4/c1-13(20-17(22)10-19-23)11-21-9-5-4-6-15-14(12-21)7-8-16(24-2)18(15)25-3/h7-8,10,13,23H,4-6,9,11-12H2,1-3H3,(H,20,22)/b19-10-/t13-/m0/s1. The van der Waals surface area contributed by atoms with E-state index in [1.54, 1.807) is 14.2 Å². The number of rotatable bonds is 6. The molecule has 0 unspecified atom stereocenters. The molecule has 1 aliphatic heterocycles. The van der Waals surface area contributed by atoms with Crippen LogP contribution in [0.25, 0.3) is 0 Å². The number of carbonyl (C=O) groups excluding carboxylic acids is 1. The van der Waals surface area contributed by atoms with Gasteiger partial charge in [-0.05, 0) is 44.4 Å². The first-order valence-corrected chi connectivity index (χ1v) is 8.52. The maximum atomic E-state index is 11.5. The largest absolute Gasteiger partial charge is 0.493 e. The molecule has 0 bridgehead atoms. The molecule has 138 valence electrons. The number of fused-ring (bicyclic) bond motifs is 1. The van der Waals surface area contributed by atoms with Gasteiger partial charge in [-0.2, -0.15) is 0 Å². The normalized spacial score (nSPS) is 16.6. The molecule has 7 heteroatoms. The van der Waals surface area contributed by atoms with Crippen molar-refractivity contribution < 1.29 is 19.5 Å². The highest BCUT2D eigenvalue weighted by atomic mass is 16.5. The first kappa shape index (κ1) is 19.1. The fourth-order valence-corrected chi connectivity index (χ4v) is 3.33. The minimum absolute atomic E-state index is 0.0477. The summed E-state index contributed by atoms with van der Waals surface area (Å²) < 4.78 is 11.0. The molecule has 0 fully saturated rings. The smallest absolute Gasteiger partial charge is 0.266 e. The molecule has 0 aromatic heterocycles. The molecule has 7 nitrogen and oxygen atoms in total. The highest BCUT2D eigenvalue weighted by Crippen LogP contribution is 2.35. The van der Waals surface area contributed by atoms with E-state index in [9.17, 15) is 4.79 Å². The Bertz CT molecular complexity index is 619. The molecule has 0 saturated heterocycles. The van der Waals surface area contributed by atoms with Crippen LogP contribution in [0.5, 0.6) is 11.5 Å². The fourth-order valence-electron chi connectivity index (χ4n) is 3.33. The van der Waals surface area contributed by atoms with Crippen LogP contribution in [-0.4, -0.2) is 55.6 Å². The number of oxime groups is 1. The van der Waals surface area contributed by atoms with Gasteiger partial charge in [-0.1, -0.05) is 11.2 Å². The first-order chi connectivity index (χ1) is 12.1. The number of nitrogens with zero attached hydrogens (tertiary/aromatic N) is 2. The van der Waals surface area contributed by atoms with Crippen LogP contribution in [0, 0.1) is 0 Å². The topological polar surface area (TPSA) is 83.4 Å². The van der Waals surface area contributed by atoms with Gasteiger partial charge in [0.25, 0.3) is 5.91 Å². The van der Waals surface area contributed by atoms with E-state index >= 15 is 0 Å². The molecule has 0 radical (unpaired) electrons. The zero-order valence-electron chi connectivity index (χ0n) is 15.1. The second-order valence-corrected chi connectivity index (χ2v) is 6.29. The number of methoxy groups -OCH3 is 2. The molecule has 2 N–H and O–H groups in total. The van der Waals surface area contributed by atoms with E-state index in [-0.39, 0.29) is 6.04 Å². The molecular weight excluding hydrogens is 322 g/mol. The number of hydrogen-bond donors (Lipinski definition) is 2. The third-order valence-electron chi connectivity index (χ3n) is 4.39. The summed E-state index contributed by atoms with van der Waals surface area (Å²) in [5, 5.41) is 14.0. The van der Waals surface area contributed by atoms with Gasteiger partial charge in [0.1, 0.15) is 6.21 Å². The number of nitrogens with one attached hydrogen (secondary N) is 1. The van der Waals surface area contributed by atoms with Gasteiger partial charge < -0.3 is 20.0 Å². The van der Waals surface area contributed by atoms with Gasteiger partial charge in [0, 0.05) is 24.7 Å². The Morgan fingerprint density at radius 3 is 2.88 bits per heavy atom. The molecule has 1 aromatic carbocycles. The van der Waals surface area contributed by atoms with Crippen LogP contribution < -0.4 is 14.8 Å². The predicted octanol–water partition coefficient (Wildman–Crippen LogP) is 1.81. The molecule has 0 aliphatic carbocycles. The van der Waals surface area contributed by atoms with Crippen molar-refractivity contribution in [1.29, 1.82) is 0 Å². The van der Waals surface area contributed by atoms with E-state index in [2.05, 4.69) is 21.4 Å². The highest BCUT2D eigenvalue weighted by Gasteiger charge is 2.20. The summed E-state index contributed by atoms with van der Waals surface area (Å²) in [6.07, 6.45) is 4.00. The SMILES string of the molecule is COc1ccc2c(c1OC)CCCCN(C[C@H](C)NC(=O)/C=N\O)C2. The lowest BCUT2D eigenvalue weighted by Crippen LogP contribution is -2.42. The third-order valence-corrected chi connectivity index (χ3v) is 4.39. The van der Waals surface area contributed by atoms with Crippen molar-refractivity contribution in [2.75, 3.05) is 27.3 Å². The summed E-state index contributed by atoms with van der Waals surface area (Å²) in [5.41, 5.74) is 2.43. The van der Waals surface area contributed by atoms with Gasteiger partial charge in [0.15, 0.2) is 11.5 Å². The van der Waals surface area contributed by atoms with Gasteiger partial charge in [-0.3, -0.25) is 9.69 Å². The van der Waals surface area contributed by atoms with Crippen molar-refractivity contribution in [2.24, 2.45) is 5.16 Å². The van der Waals surface area contributed by atoms with Crippen LogP contribution in [0.3, 0.4) is 0 Å². The van der Waals surface area contributed by atoms with E-state index in [1.165, 1.54) is 11.1 Å². The van der Waals surface area contributed by atoms with E-state index in [0.29, 0.717) is 0 Å². The zero-order chi connectivity index (χ0) is 18.2. The molecule has 25 heavy (non-hydrogen) atoms. The Kier molecular flexibility index (Phi) is 7.06. The molecule has 1 heterocycles. The lowest BCUT2D eigenvalue weighted by atomic mass is 9.97. The average molecular weight is 349 g/mol. The lowest BCUT2D eigenvalue weighted by molar-refractivity contribution is -0.115. The van der Waals surface area contributed by atoms with Gasteiger partial charge in [0.05, 0.1) is 14.2 Å². The Morgan fingerprint density at radius 1 is 1.40 bits per heavy atom. The third kappa shape index (κ3) is 5.09. The molecule has 1 aliphatic rings. The minimum atomic E-state index is -0.395. The Hall–Kier alpha value is -2.28. The summed E-state index contributed by atoms with van der Waals surface area (Å²) >= 11 is 0. The first-order valence-electron chi connectivity index (χ1n) is 8.52. The summed E-state index contributed by atoms with van der Waals surface area (Å²) in [6.45, 7) is 4.43. The molecule has 1 amide bonds. The van der Waals surface area contributed by atoms with E-state index < -0.39 is 5.91 Å². The van der Waals surface area contributed by atoms with Crippen molar-refractivity contribution >= 4 is 12.1 Å². The second-order valence-electron chi connectivity index (χ2n) is 6.29. The molecule has 1 aromatic rings. The summed E-state index contributed by atoms with van der Waals surface area (Å²) in [6, 6.07) is 3.99. The summed E-state index contributed by atoms with van der Waals surface area (Å²) in [5.74, 6) is 1.19. The van der Waals surface area contributed by atoms with Crippen LogP contribution in [0.4, 0.5) is 0 Å². The van der Waals surface area contributed by atoms with Crippen molar-refractivity contribution in [2.45, 2.75) is 38.8 Å². The fraction of sp³-hybridized carbons (Fsp3) is 0.556. The average Bonchev–Trinajstić information content (AvgIpc) is 2.56. The van der Waals surface area contributed by atoms with E-state index in [0.717, 1.165) is 56.6 Å². The van der Waals surface area contributed by atoms with Crippen molar-refractivity contribution in [1.82, 2.24) is 10.2 Å². The number of ether oxygens (including phenoxy) is 2. The van der Waals surface area contributed by atoms with Crippen molar-refractivity contribution in [3.8, 4) is 11.5 Å². The Labute approximate surface area is 148 Å². The van der Waals surface area contributed by atoms with Gasteiger partial charge in [-0.15, -0.1) is 0 Å². The molecule has 1 atom stereocenters. The van der Waals surface area contributed by atoms with Crippen molar-refractivity contribution in [3.63, 3.8) is 0 Å². The molecule has 0 saturated carbocycles. The maximum Gasteiger partial charge on any atom is 0.266 e. The molecular formula is C18H27N3O4. The Morgan fingerprint density at radius 2 is 2.20 bits per heavy atom. The zero-order valence-corrected chi connectivity index (χ0v) is 15.1. The van der Waals surface area contributed by atoms with Crippen LogP contribution in [-0.2, 0) is 17.8 Å². The molecule has 2 rings (SSSR count). The predicted molar refractivity (Wildman–Crippen MR) is 95.6 cm³/mol. The maximum absolute atomic E-state index is 11.5. The summed E-state index contributed by atoms with van der Waals surface area (Å²) in [4.78, 5) is 13.8. The number of benzene rings is 1. The summed E-state index contributed by atoms with van der Waals surface area (Å²) in [7, 11) is 3.33. The quantitative estimate of drug-likeness (QED) is 0.465. The number of amides is 1. The van der Waals surface area contributed by atoms with Gasteiger partial charge in [0.2, 0.25) is 0 Å². The number of carbonyl (C=O) groups is 1. The lowest BCUT2D eigenvalue weighted by Gasteiger charge is -2.29. The molecule has 0 spiro atoms. The monoisotopic (exact) mass is 349 g/mol.